The predicted octanol–water partition coefficient (Wildman–Crippen LogP) is 2.64. The van der Waals surface area contributed by atoms with Crippen molar-refractivity contribution in [3.8, 4) is 0 Å². The summed E-state index contributed by atoms with van der Waals surface area (Å²) in [5.41, 5.74) is 1.05. The highest BCUT2D eigenvalue weighted by Crippen LogP contribution is 2.22. The molecule has 3 rings (SSSR count). The highest BCUT2D eigenvalue weighted by atomic mass is 32.1. The predicted molar refractivity (Wildman–Crippen MR) is 92.7 cm³/mol. The van der Waals surface area contributed by atoms with Gasteiger partial charge in [0.25, 0.3) is 0 Å². The van der Waals surface area contributed by atoms with E-state index in [-0.39, 0.29) is 11.9 Å². The number of hydrogen-bond donors (Lipinski definition) is 2. The number of aliphatic hydroxyl groups excluding tert-OH is 1. The summed E-state index contributed by atoms with van der Waals surface area (Å²) in [6.07, 6.45) is 2.20. The quantitative estimate of drug-likeness (QED) is 0.846. The molecule has 2 N–H and O–H groups in total. The molecule has 1 aliphatic heterocycles. The number of nitrogens with zero attached hydrogens (tertiary/aromatic N) is 2. The van der Waals surface area contributed by atoms with Gasteiger partial charge in [0, 0.05) is 26.1 Å². The van der Waals surface area contributed by atoms with Crippen molar-refractivity contribution in [1.82, 2.24) is 15.2 Å². The molecule has 1 aromatic heterocycles. The molecule has 2 amide bonds. The lowest BCUT2D eigenvalue weighted by Crippen LogP contribution is -2.49. The normalized spacial score (nSPS) is 21.6. The van der Waals surface area contributed by atoms with E-state index in [4.69, 9.17) is 0 Å². The summed E-state index contributed by atoms with van der Waals surface area (Å²) >= 11 is 1.72. The van der Waals surface area contributed by atoms with Crippen LogP contribution in [0.1, 0.15) is 24.8 Å². The second-order valence-corrected chi connectivity index (χ2v) is 7.31. The SMILES string of the molecule is CC1CCN(C(=O)NCCCc2nc3ccccc3s2)CC1O. The van der Waals surface area contributed by atoms with Crippen molar-refractivity contribution in [3.05, 3.63) is 29.3 Å². The second-order valence-electron chi connectivity index (χ2n) is 6.19. The van der Waals surface area contributed by atoms with Crippen molar-refractivity contribution < 1.29 is 9.90 Å². The molecule has 124 valence electrons. The number of nitrogens with one attached hydrogen (secondary N) is 1. The van der Waals surface area contributed by atoms with E-state index in [9.17, 15) is 9.90 Å². The first-order valence-corrected chi connectivity index (χ1v) is 9.00. The van der Waals surface area contributed by atoms with Crippen LogP contribution in [0.5, 0.6) is 0 Å². The van der Waals surface area contributed by atoms with E-state index in [2.05, 4.69) is 16.4 Å². The van der Waals surface area contributed by atoms with Crippen molar-refractivity contribution in [1.29, 1.82) is 0 Å². The largest absolute Gasteiger partial charge is 0.391 e. The number of thiazole rings is 1. The minimum absolute atomic E-state index is 0.0692. The summed E-state index contributed by atoms with van der Waals surface area (Å²) in [5.74, 6) is 0.276. The fraction of sp³-hybridized carbons (Fsp3) is 0.529. The van der Waals surface area contributed by atoms with Crippen molar-refractivity contribution in [2.45, 2.75) is 32.3 Å². The maximum absolute atomic E-state index is 12.1. The number of likely N-dealkylation sites (tertiary alicyclic amines) is 1. The number of benzene rings is 1. The van der Waals surface area contributed by atoms with Gasteiger partial charge in [-0.3, -0.25) is 0 Å². The summed E-state index contributed by atoms with van der Waals surface area (Å²) in [6, 6.07) is 8.07. The third kappa shape index (κ3) is 4.00. The Bertz CT molecular complexity index is 640. The first kappa shape index (κ1) is 16.2. The molecular formula is C17H23N3O2S. The zero-order valence-corrected chi connectivity index (χ0v) is 14.2. The van der Waals surface area contributed by atoms with Gasteiger partial charge in [-0.1, -0.05) is 19.1 Å². The van der Waals surface area contributed by atoms with Crippen LogP contribution in [0.2, 0.25) is 0 Å². The molecule has 5 nitrogen and oxygen atoms in total. The molecule has 1 saturated heterocycles. The molecule has 0 saturated carbocycles. The van der Waals surface area contributed by atoms with Gasteiger partial charge in [-0.25, -0.2) is 9.78 Å². The fourth-order valence-electron chi connectivity index (χ4n) is 2.81. The lowest BCUT2D eigenvalue weighted by molar-refractivity contribution is 0.0436. The van der Waals surface area contributed by atoms with Gasteiger partial charge in [0.15, 0.2) is 0 Å². The van der Waals surface area contributed by atoms with Gasteiger partial charge in [-0.2, -0.15) is 0 Å². The van der Waals surface area contributed by atoms with Crippen molar-refractivity contribution in [3.63, 3.8) is 0 Å². The van der Waals surface area contributed by atoms with Gasteiger partial charge < -0.3 is 15.3 Å². The number of urea groups is 1. The smallest absolute Gasteiger partial charge is 0.317 e. The van der Waals surface area contributed by atoms with E-state index in [1.807, 2.05) is 25.1 Å². The van der Waals surface area contributed by atoms with Gasteiger partial charge >= 0.3 is 6.03 Å². The van der Waals surface area contributed by atoms with E-state index in [1.165, 1.54) is 4.70 Å². The maximum atomic E-state index is 12.1. The standard InChI is InChI=1S/C17H23N3O2S/c1-12-8-10-20(11-14(12)21)17(22)18-9-4-7-16-19-13-5-2-3-6-15(13)23-16/h2-3,5-6,12,14,21H,4,7-11H2,1H3,(H,18,22). The molecular weight excluding hydrogens is 310 g/mol. The van der Waals surface area contributed by atoms with Gasteiger partial charge in [0.05, 0.1) is 21.3 Å². The Morgan fingerprint density at radius 1 is 1.48 bits per heavy atom. The number of piperidine rings is 1. The van der Waals surface area contributed by atoms with Crippen LogP contribution in [-0.4, -0.2) is 46.8 Å². The first-order chi connectivity index (χ1) is 11.1. The monoisotopic (exact) mass is 333 g/mol. The summed E-state index contributed by atoms with van der Waals surface area (Å²) in [5, 5.41) is 13.9. The Hall–Kier alpha value is -1.66. The number of carbonyl (C=O) groups excluding carboxylic acids is 1. The topological polar surface area (TPSA) is 65.5 Å². The van der Waals surface area contributed by atoms with E-state index in [1.54, 1.807) is 16.2 Å². The lowest BCUT2D eigenvalue weighted by Gasteiger charge is -2.34. The highest BCUT2D eigenvalue weighted by Gasteiger charge is 2.26. The molecule has 2 heterocycles. The number of fused-ring (bicyclic) bond motifs is 1. The van der Waals surface area contributed by atoms with Crippen LogP contribution in [0.4, 0.5) is 4.79 Å². The number of carbonyl (C=O) groups is 1. The number of β-amino-alcohol motifs (C(OH)–C–C–N with tert-alkyl or cyclic N) is 1. The van der Waals surface area contributed by atoms with Crippen LogP contribution in [-0.2, 0) is 6.42 Å². The molecule has 0 bridgehead atoms. The number of hydrogen-bond acceptors (Lipinski definition) is 4. The Morgan fingerprint density at radius 2 is 2.30 bits per heavy atom. The second kappa shape index (κ2) is 7.27. The van der Waals surface area contributed by atoms with Crippen LogP contribution in [0.15, 0.2) is 24.3 Å². The number of aromatic nitrogens is 1. The fourth-order valence-corrected chi connectivity index (χ4v) is 3.82. The lowest BCUT2D eigenvalue weighted by atomic mass is 9.96. The van der Waals surface area contributed by atoms with Crippen molar-refractivity contribution >= 4 is 27.6 Å². The summed E-state index contributed by atoms with van der Waals surface area (Å²) < 4.78 is 1.21. The minimum Gasteiger partial charge on any atom is -0.391 e. The van der Waals surface area contributed by atoms with Crippen molar-refractivity contribution in [2.24, 2.45) is 5.92 Å². The molecule has 23 heavy (non-hydrogen) atoms. The van der Waals surface area contributed by atoms with E-state index < -0.39 is 6.10 Å². The zero-order chi connectivity index (χ0) is 16.2. The van der Waals surface area contributed by atoms with E-state index in [0.29, 0.717) is 13.1 Å². The third-order valence-electron chi connectivity index (χ3n) is 4.39. The Kier molecular flexibility index (Phi) is 5.13. The third-order valence-corrected chi connectivity index (χ3v) is 5.48. The molecule has 6 heteroatoms. The molecule has 2 unspecified atom stereocenters. The van der Waals surface area contributed by atoms with Crippen LogP contribution >= 0.6 is 11.3 Å². The number of para-hydroxylation sites is 1. The van der Waals surface area contributed by atoms with E-state index in [0.717, 1.165) is 36.3 Å². The molecule has 2 atom stereocenters. The van der Waals surface area contributed by atoms with Crippen LogP contribution in [0.3, 0.4) is 0 Å². The first-order valence-electron chi connectivity index (χ1n) is 8.19. The van der Waals surface area contributed by atoms with E-state index >= 15 is 0 Å². The Morgan fingerprint density at radius 3 is 3.09 bits per heavy atom. The molecule has 0 aliphatic carbocycles. The molecule has 0 spiro atoms. The zero-order valence-electron chi connectivity index (χ0n) is 13.4. The van der Waals surface area contributed by atoms with Gasteiger partial charge in [0.2, 0.25) is 0 Å². The average Bonchev–Trinajstić information content (AvgIpc) is 2.96. The molecule has 1 aromatic carbocycles. The number of rotatable bonds is 4. The molecule has 1 aliphatic rings. The van der Waals surface area contributed by atoms with Crippen molar-refractivity contribution in [2.75, 3.05) is 19.6 Å². The Labute approximate surface area is 140 Å². The average molecular weight is 333 g/mol. The molecule has 1 fully saturated rings. The van der Waals surface area contributed by atoms with Crippen LogP contribution in [0, 0.1) is 5.92 Å². The summed E-state index contributed by atoms with van der Waals surface area (Å²) in [4.78, 5) is 18.4. The number of amides is 2. The summed E-state index contributed by atoms with van der Waals surface area (Å²) in [6.45, 7) is 3.82. The molecule has 2 aromatic rings. The van der Waals surface area contributed by atoms with Gasteiger partial charge in [0.1, 0.15) is 0 Å². The van der Waals surface area contributed by atoms with Gasteiger partial charge in [-0.15, -0.1) is 11.3 Å². The summed E-state index contributed by atoms with van der Waals surface area (Å²) in [7, 11) is 0. The van der Waals surface area contributed by atoms with Crippen LogP contribution in [0.25, 0.3) is 10.2 Å². The Balaban J connectivity index is 1.42. The maximum Gasteiger partial charge on any atom is 0.317 e. The highest BCUT2D eigenvalue weighted by molar-refractivity contribution is 7.18. The molecule has 0 radical (unpaired) electrons. The number of aryl methyl sites for hydroxylation is 1. The van der Waals surface area contributed by atoms with Crippen LogP contribution < -0.4 is 5.32 Å². The minimum atomic E-state index is -0.405. The van der Waals surface area contributed by atoms with Gasteiger partial charge in [-0.05, 0) is 30.9 Å². The number of aliphatic hydroxyl groups is 1.